The van der Waals surface area contributed by atoms with Crippen molar-refractivity contribution in [3.63, 3.8) is 0 Å². The molecule has 0 radical (unpaired) electrons. The summed E-state index contributed by atoms with van der Waals surface area (Å²) in [5.74, 6) is -0.0839. The number of benzene rings is 2. The number of carbonyl (C=O) groups is 1. The van der Waals surface area contributed by atoms with Crippen LogP contribution in [0.1, 0.15) is 33.1 Å². The van der Waals surface area contributed by atoms with Gasteiger partial charge in [-0.3, -0.25) is 14.4 Å². The molecule has 1 N–H and O–H groups in total. The zero-order valence-electron chi connectivity index (χ0n) is 14.8. The van der Waals surface area contributed by atoms with Crippen molar-refractivity contribution in [1.29, 1.82) is 0 Å². The number of nitrogens with zero attached hydrogens (tertiary/aromatic N) is 3. The Morgan fingerprint density at radius 1 is 1.15 bits per heavy atom. The number of fused-ring (bicyclic) bond motifs is 1. The van der Waals surface area contributed by atoms with Gasteiger partial charge in [0.1, 0.15) is 0 Å². The minimum Gasteiger partial charge on any atom is -0.344 e. The van der Waals surface area contributed by atoms with Crippen LogP contribution in [-0.4, -0.2) is 34.2 Å². The van der Waals surface area contributed by atoms with Crippen molar-refractivity contribution in [3.05, 3.63) is 89.2 Å². The normalized spacial score (nSPS) is 16.9. The van der Waals surface area contributed by atoms with E-state index in [0.717, 1.165) is 18.7 Å². The molecule has 1 unspecified atom stereocenters. The number of carbonyl (C=O) groups excluding carboxylic acids is 1. The summed E-state index contributed by atoms with van der Waals surface area (Å²) < 4.78 is 1.80. The minimum absolute atomic E-state index is 0.00470. The lowest BCUT2D eigenvalue weighted by atomic mass is 9.95. The lowest BCUT2D eigenvalue weighted by Gasteiger charge is -2.32. The molecule has 1 aromatic heterocycles. The van der Waals surface area contributed by atoms with Crippen molar-refractivity contribution < 1.29 is 4.79 Å². The SMILES string of the molecule is CN1Cc2ccccc2C(NC(=O)c2cnn(Cc3ccccc3)c2)C1. The predicted octanol–water partition coefficient (Wildman–Crippen LogP) is 2.85. The van der Waals surface area contributed by atoms with Gasteiger partial charge in [-0.2, -0.15) is 5.10 Å². The number of likely N-dealkylation sites (N-methyl/N-ethyl adjacent to an activating group) is 1. The first-order chi connectivity index (χ1) is 12.7. The molecule has 5 nitrogen and oxygen atoms in total. The van der Waals surface area contributed by atoms with Crippen LogP contribution in [0.15, 0.2) is 67.0 Å². The van der Waals surface area contributed by atoms with E-state index in [1.165, 1.54) is 11.1 Å². The van der Waals surface area contributed by atoms with Gasteiger partial charge in [0.05, 0.1) is 24.3 Å². The molecule has 2 aromatic carbocycles. The number of rotatable bonds is 4. The molecule has 1 atom stereocenters. The Balaban J connectivity index is 1.47. The largest absolute Gasteiger partial charge is 0.344 e. The zero-order valence-corrected chi connectivity index (χ0v) is 14.8. The average Bonchev–Trinajstić information content (AvgIpc) is 3.11. The monoisotopic (exact) mass is 346 g/mol. The Hall–Kier alpha value is -2.92. The fraction of sp³-hybridized carbons (Fsp3) is 0.238. The lowest BCUT2D eigenvalue weighted by molar-refractivity contribution is 0.0922. The van der Waals surface area contributed by atoms with Gasteiger partial charge < -0.3 is 5.32 Å². The van der Waals surface area contributed by atoms with Crippen LogP contribution in [0.3, 0.4) is 0 Å². The van der Waals surface area contributed by atoms with Crippen molar-refractivity contribution >= 4 is 5.91 Å². The predicted molar refractivity (Wildman–Crippen MR) is 101 cm³/mol. The summed E-state index contributed by atoms with van der Waals surface area (Å²) in [5.41, 5.74) is 4.22. The first-order valence-electron chi connectivity index (χ1n) is 8.82. The first kappa shape index (κ1) is 16.5. The molecule has 1 aliphatic heterocycles. The molecule has 0 fully saturated rings. The van der Waals surface area contributed by atoms with Gasteiger partial charge in [0, 0.05) is 19.3 Å². The summed E-state index contributed by atoms with van der Waals surface area (Å²) >= 11 is 0. The van der Waals surface area contributed by atoms with Gasteiger partial charge >= 0.3 is 0 Å². The second kappa shape index (κ2) is 7.14. The van der Waals surface area contributed by atoms with Crippen LogP contribution >= 0.6 is 0 Å². The van der Waals surface area contributed by atoms with E-state index in [9.17, 15) is 4.79 Å². The molecule has 2 heterocycles. The Bertz CT molecular complexity index is 903. The molecule has 0 saturated heterocycles. The molecular weight excluding hydrogens is 324 g/mol. The summed E-state index contributed by atoms with van der Waals surface area (Å²) in [7, 11) is 2.08. The first-order valence-corrected chi connectivity index (χ1v) is 8.82. The van der Waals surface area contributed by atoms with Crippen LogP contribution in [0.5, 0.6) is 0 Å². The number of amides is 1. The Kier molecular flexibility index (Phi) is 4.54. The smallest absolute Gasteiger partial charge is 0.254 e. The van der Waals surface area contributed by atoms with Crippen molar-refractivity contribution in [2.75, 3.05) is 13.6 Å². The second-order valence-corrected chi connectivity index (χ2v) is 6.83. The topological polar surface area (TPSA) is 50.2 Å². The second-order valence-electron chi connectivity index (χ2n) is 6.83. The molecule has 0 spiro atoms. The third kappa shape index (κ3) is 3.53. The van der Waals surface area contributed by atoms with E-state index in [-0.39, 0.29) is 11.9 Å². The highest BCUT2D eigenvalue weighted by atomic mass is 16.1. The molecule has 132 valence electrons. The van der Waals surface area contributed by atoms with E-state index >= 15 is 0 Å². The summed E-state index contributed by atoms with van der Waals surface area (Å²) in [6, 6.07) is 18.4. The summed E-state index contributed by atoms with van der Waals surface area (Å²) in [4.78, 5) is 14.9. The molecule has 4 rings (SSSR count). The van der Waals surface area contributed by atoms with Gasteiger partial charge in [-0.25, -0.2) is 0 Å². The highest BCUT2D eigenvalue weighted by molar-refractivity contribution is 5.94. The van der Waals surface area contributed by atoms with Crippen molar-refractivity contribution in [1.82, 2.24) is 20.0 Å². The van der Waals surface area contributed by atoms with Gasteiger partial charge in [-0.1, -0.05) is 54.6 Å². The highest BCUT2D eigenvalue weighted by Gasteiger charge is 2.25. The lowest BCUT2D eigenvalue weighted by Crippen LogP contribution is -2.40. The molecule has 1 aliphatic rings. The van der Waals surface area contributed by atoms with Gasteiger partial charge in [-0.15, -0.1) is 0 Å². The molecule has 3 aromatic rings. The maximum absolute atomic E-state index is 12.7. The van der Waals surface area contributed by atoms with Gasteiger partial charge in [0.2, 0.25) is 0 Å². The number of nitrogens with one attached hydrogen (secondary N) is 1. The average molecular weight is 346 g/mol. The van der Waals surface area contributed by atoms with Crippen LogP contribution in [0.2, 0.25) is 0 Å². The number of hydrogen-bond acceptors (Lipinski definition) is 3. The molecule has 5 heteroatoms. The summed E-state index contributed by atoms with van der Waals surface area (Å²) in [5, 5.41) is 7.50. The fourth-order valence-electron chi connectivity index (χ4n) is 3.49. The van der Waals surface area contributed by atoms with Crippen LogP contribution in [-0.2, 0) is 13.1 Å². The van der Waals surface area contributed by atoms with E-state index in [0.29, 0.717) is 12.1 Å². The maximum Gasteiger partial charge on any atom is 0.254 e. The number of hydrogen-bond donors (Lipinski definition) is 1. The zero-order chi connectivity index (χ0) is 17.9. The molecule has 0 bridgehead atoms. The van der Waals surface area contributed by atoms with E-state index in [1.54, 1.807) is 17.1 Å². The van der Waals surface area contributed by atoms with Crippen LogP contribution < -0.4 is 5.32 Å². The Labute approximate surface area is 153 Å². The maximum atomic E-state index is 12.7. The summed E-state index contributed by atoms with van der Waals surface area (Å²) in [6.45, 7) is 2.38. The van der Waals surface area contributed by atoms with Crippen molar-refractivity contribution in [2.45, 2.75) is 19.1 Å². The van der Waals surface area contributed by atoms with Crippen LogP contribution in [0.4, 0.5) is 0 Å². The van der Waals surface area contributed by atoms with E-state index < -0.39 is 0 Å². The molecular formula is C21H22N4O. The van der Waals surface area contributed by atoms with Gasteiger partial charge in [0.25, 0.3) is 5.91 Å². The Morgan fingerprint density at radius 2 is 1.92 bits per heavy atom. The fourth-order valence-corrected chi connectivity index (χ4v) is 3.49. The summed E-state index contributed by atoms with van der Waals surface area (Å²) in [6.07, 6.45) is 3.44. The van der Waals surface area contributed by atoms with E-state index in [2.05, 4.69) is 46.6 Å². The van der Waals surface area contributed by atoms with Gasteiger partial charge in [-0.05, 0) is 23.7 Å². The Morgan fingerprint density at radius 3 is 2.77 bits per heavy atom. The minimum atomic E-state index is -0.0839. The van der Waals surface area contributed by atoms with E-state index in [4.69, 9.17) is 0 Å². The molecule has 1 amide bonds. The molecule has 0 saturated carbocycles. The van der Waals surface area contributed by atoms with Crippen LogP contribution in [0, 0.1) is 0 Å². The highest BCUT2D eigenvalue weighted by Crippen LogP contribution is 2.25. The quantitative estimate of drug-likeness (QED) is 0.790. The van der Waals surface area contributed by atoms with Gasteiger partial charge in [0.15, 0.2) is 0 Å². The number of aromatic nitrogens is 2. The van der Waals surface area contributed by atoms with Crippen LogP contribution in [0.25, 0.3) is 0 Å². The molecule has 0 aliphatic carbocycles. The molecule has 26 heavy (non-hydrogen) atoms. The van der Waals surface area contributed by atoms with Crippen molar-refractivity contribution in [3.8, 4) is 0 Å². The van der Waals surface area contributed by atoms with E-state index in [1.807, 2.05) is 30.3 Å². The standard InChI is InChI=1S/C21H22N4O/c1-24-13-17-9-5-6-10-19(17)20(15-24)23-21(26)18-11-22-25(14-18)12-16-7-3-2-4-8-16/h2-11,14,20H,12-13,15H2,1H3,(H,23,26). The third-order valence-corrected chi connectivity index (χ3v) is 4.75. The van der Waals surface area contributed by atoms with Crippen molar-refractivity contribution in [2.24, 2.45) is 0 Å². The third-order valence-electron chi connectivity index (χ3n) is 4.75.